The van der Waals surface area contributed by atoms with Gasteiger partial charge in [0.2, 0.25) is 5.91 Å². The van der Waals surface area contributed by atoms with Crippen molar-refractivity contribution in [2.75, 3.05) is 7.11 Å². The highest BCUT2D eigenvalue weighted by Gasteiger charge is 2.14. The number of nitrogens with one attached hydrogen (secondary N) is 1. The monoisotopic (exact) mass is 197 g/mol. The lowest BCUT2D eigenvalue weighted by Gasteiger charge is -2.22. The maximum absolute atomic E-state index is 11.4. The highest BCUT2D eigenvalue weighted by atomic mass is 16.5. The van der Waals surface area contributed by atoms with Gasteiger partial charge < -0.3 is 10.1 Å². The van der Waals surface area contributed by atoms with Crippen LogP contribution in [0.3, 0.4) is 0 Å². The molecule has 1 saturated carbocycles. The van der Waals surface area contributed by atoms with Gasteiger partial charge in [-0.1, -0.05) is 19.3 Å². The largest absolute Gasteiger partial charge is 0.501 e. The average Bonchev–Trinajstić information content (AvgIpc) is 2.19. The Hall–Kier alpha value is -0.990. The summed E-state index contributed by atoms with van der Waals surface area (Å²) in [6.07, 6.45) is 7.51. The Bertz CT molecular complexity index is 217. The van der Waals surface area contributed by atoms with E-state index in [0.29, 0.717) is 11.8 Å². The number of hydrogen-bond donors (Lipinski definition) is 1. The number of rotatable bonds is 3. The van der Waals surface area contributed by atoms with Crippen molar-refractivity contribution in [3.8, 4) is 0 Å². The normalized spacial score (nSPS) is 19.1. The van der Waals surface area contributed by atoms with Crippen molar-refractivity contribution in [1.29, 1.82) is 0 Å². The van der Waals surface area contributed by atoms with Crippen molar-refractivity contribution < 1.29 is 9.53 Å². The van der Waals surface area contributed by atoms with Crippen LogP contribution in [0, 0.1) is 0 Å². The first kappa shape index (κ1) is 11.1. The summed E-state index contributed by atoms with van der Waals surface area (Å²) in [4.78, 5) is 11.4. The van der Waals surface area contributed by atoms with Gasteiger partial charge in [0.15, 0.2) is 0 Å². The Morgan fingerprint density at radius 3 is 2.57 bits per heavy atom. The lowest BCUT2D eigenvalue weighted by Crippen LogP contribution is -2.35. The minimum Gasteiger partial charge on any atom is -0.501 e. The summed E-state index contributed by atoms with van der Waals surface area (Å²) >= 11 is 0. The second-order valence-corrected chi connectivity index (χ2v) is 3.80. The van der Waals surface area contributed by atoms with Crippen LogP contribution >= 0.6 is 0 Å². The fourth-order valence-electron chi connectivity index (χ4n) is 1.73. The molecule has 0 heterocycles. The van der Waals surface area contributed by atoms with Gasteiger partial charge in [0.05, 0.1) is 12.9 Å². The number of ether oxygens (including phenoxy) is 1. The summed E-state index contributed by atoms with van der Waals surface area (Å²) in [5.74, 6) is 0.620. The van der Waals surface area contributed by atoms with Gasteiger partial charge >= 0.3 is 0 Å². The molecule has 0 aromatic rings. The van der Waals surface area contributed by atoms with Crippen molar-refractivity contribution in [3.05, 3.63) is 11.8 Å². The van der Waals surface area contributed by atoms with E-state index in [1.54, 1.807) is 14.0 Å². The Balaban J connectivity index is 2.32. The number of amides is 1. The highest BCUT2D eigenvalue weighted by Crippen LogP contribution is 2.17. The minimum atomic E-state index is -0.0312. The van der Waals surface area contributed by atoms with E-state index in [9.17, 15) is 4.79 Å². The fourth-order valence-corrected chi connectivity index (χ4v) is 1.73. The van der Waals surface area contributed by atoms with Crippen molar-refractivity contribution >= 4 is 5.91 Å². The third-order valence-electron chi connectivity index (χ3n) is 2.61. The van der Waals surface area contributed by atoms with Crippen LogP contribution < -0.4 is 5.32 Å². The SMILES string of the molecule is CO/C(C)=C/C(=O)NC1CCCCC1. The lowest BCUT2D eigenvalue weighted by molar-refractivity contribution is -0.117. The molecule has 3 nitrogen and oxygen atoms in total. The van der Waals surface area contributed by atoms with Crippen LogP contribution in [-0.4, -0.2) is 19.1 Å². The van der Waals surface area contributed by atoms with Crippen LogP contribution in [0.4, 0.5) is 0 Å². The van der Waals surface area contributed by atoms with E-state index in [4.69, 9.17) is 4.74 Å². The van der Waals surface area contributed by atoms with Gasteiger partial charge in [-0.05, 0) is 19.8 Å². The maximum Gasteiger partial charge on any atom is 0.247 e. The molecule has 0 aliphatic heterocycles. The molecule has 0 bridgehead atoms. The maximum atomic E-state index is 11.4. The molecule has 0 aromatic heterocycles. The number of carbonyl (C=O) groups is 1. The first-order valence-electron chi connectivity index (χ1n) is 5.25. The number of methoxy groups -OCH3 is 1. The average molecular weight is 197 g/mol. The van der Waals surface area contributed by atoms with Crippen molar-refractivity contribution in [3.63, 3.8) is 0 Å². The quantitative estimate of drug-likeness (QED) is 0.555. The zero-order chi connectivity index (χ0) is 10.4. The van der Waals surface area contributed by atoms with Gasteiger partial charge in [0, 0.05) is 12.1 Å². The first-order chi connectivity index (χ1) is 6.72. The van der Waals surface area contributed by atoms with Crippen LogP contribution in [0.15, 0.2) is 11.8 Å². The molecule has 1 aliphatic carbocycles. The van der Waals surface area contributed by atoms with Crippen LogP contribution in [0.1, 0.15) is 39.0 Å². The van der Waals surface area contributed by atoms with E-state index >= 15 is 0 Å². The molecule has 14 heavy (non-hydrogen) atoms. The second kappa shape index (κ2) is 5.68. The van der Waals surface area contributed by atoms with Gasteiger partial charge in [-0.2, -0.15) is 0 Å². The van der Waals surface area contributed by atoms with Gasteiger partial charge in [-0.15, -0.1) is 0 Å². The molecule has 0 radical (unpaired) electrons. The van der Waals surface area contributed by atoms with E-state index in [2.05, 4.69) is 5.32 Å². The Morgan fingerprint density at radius 1 is 1.36 bits per heavy atom. The summed E-state index contributed by atoms with van der Waals surface area (Å²) < 4.78 is 4.91. The molecule has 0 saturated heterocycles. The Kier molecular flexibility index (Phi) is 4.50. The topological polar surface area (TPSA) is 38.3 Å². The summed E-state index contributed by atoms with van der Waals surface area (Å²) in [6, 6.07) is 0.372. The van der Waals surface area contributed by atoms with Crippen LogP contribution in [0.5, 0.6) is 0 Å². The molecule has 1 amide bonds. The predicted molar refractivity (Wildman–Crippen MR) is 55.8 cm³/mol. The standard InChI is InChI=1S/C11H19NO2/c1-9(14-2)8-11(13)12-10-6-4-3-5-7-10/h8,10H,3-7H2,1-2H3,(H,12,13)/b9-8+. The molecule has 1 rings (SSSR count). The van der Waals surface area contributed by atoms with Crippen LogP contribution in [0.2, 0.25) is 0 Å². The van der Waals surface area contributed by atoms with E-state index in [-0.39, 0.29) is 5.91 Å². The molecule has 0 atom stereocenters. The van der Waals surface area contributed by atoms with Crippen molar-refractivity contribution in [2.45, 2.75) is 45.1 Å². The van der Waals surface area contributed by atoms with Crippen molar-refractivity contribution in [1.82, 2.24) is 5.32 Å². The van der Waals surface area contributed by atoms with E-state index in [1.165, 1.54) is 25.3 Å². The van der Waals surface area contributed by atoms with Crippen LogP contribution in [-0.2, 0) is 9.53 Å². The molecular weight excluding hydrogens is 178 g/mol. The molecule has 0 aromatic carbocycles. The minimum absolute atomic E-state index is 0.0312. The van der Waals surface area contributed by atoms with Crippen molar-refractivity contribution in [2.24, 2.45) is 0 Å². The second-order valence-electron chi connectivity index (χ2n) is 3.80. The van der Waals surface area contributed by atoms with Gasteiger partial charge in [0.25, 0.3) is 0 Å². The highest BCUT2D eigenvalue weighted by molar-refractivity contribution is 5.88. The molecule has 1 aliphatic rings. The Labute approximate surface area is 85.5 Å². The summed E-state index contributed by atoms with van der Waals surface area (Å²) in [6.45, 7) is 1.78. The third kappa shape index (κ3) is 3.81. The number of allylic oxidation sites excluding steroid dienone is 1. The molecule has 3 heteroatoms. The molecule has 0 spiro atoms. The number of hydrogen-bond acceptors (Lipinski definition) is 2. The fraction of sp³-hybridized carbons (Fsp3) is 0.727. The third-order valence-corrected chi connectivity index (χ3v) is 2.61. The smallest absolute Gasteiger partial charge is 0.247 e. The predicted octanol–water partition coefficient (Wildman–Crippen LogP) is 1.99. The molecular formula is C11H19NO2. The zero-order valence-corrected chi connectivity index (χ0v) is 9.01. The molecule has 0 unspecified atom stereocenters. The molecule has 1 fully saturated rings. The summed E-state index contributed by atoms with van der Waals surface area (Å²) in [5, 5.41) is 2.99. The van der Waals surface area contributed by atoms with E-state index in [0.717, 1.165) is 12.8 Å². The first-order valence-corrected chi connectivity index (χ1v) is 5.25. The van der Waals surface area contributed by atoms with Gasteiger partial charge in [0.1, 0.15) is 0 Å². The Morgan fingerprint density at radius 2 is 2.00 bits per heavy atom. The van der Waals surface area contributed by atoms with Gasteiger partial charge in [-0.3, -0.25) is 4.79 Å². The number of carbonyl (C=O) groups excluding carboxylic acids is 1. The van der Waals surface area contributed by atoms with Gasteiger partial charge in [-0.25, -0.2) is 0 Å². The zero-order valence-electron chi connectivity index (χ0n) is 9.01. The van der Waals surface area contributed by atoms with E-state index < -0.39 is 0 Å². The van der Waals surface area contributed by atoms with E-state index in [1.807, 2.05) is 0 Å². The molecule has 1 N–H and O–H groups in total. The van der Waals surface area contributed by atoms with Crippen LogP contribution in [0.25, 0.3) is 0 Å². The summed E-state index contributed by atoms with van der Waals surface area (Å²) in [7, 11) is 1.57. The lowest BCUT2D eigenvalue weighted by atomic mass is 9.95. The molecule has 80 valence electrons. The summed E-state index contributed by atoms with van der Waals surface area (Å²) in [5.41, 5.74) is 0.